The van der Waals surface area contributed by atoms with E-state index in [-0.39, 0.29) is 24.0 Å². The second kappa shape index (κ2) is 9.98. The molecular weight excluding hydrogens is 393 g/mol. The molecule has 7 nitrogen and oxygen atoms in total. The van der Waals surface area contributed by atoms with Crippen molar-refractivity contribution in [2.45, 2.75) is 26.8 Å². The van der Waals surface area contributed by atoms with Crippen molar-refractivity contribution in [3.63, 3.8) is 0 Å². The van der Waals surface area contributed by atoms with Gasteiger partial charge >= 0.3 is 0 Å². The Hall–Kier alpha value is -0.900. The maximum atomic E-state index is 4.57. The standard InChI is InChI=1S/C14H27N7.HI/c1-4-15-14(17-9-13-18-11-19-20(13)3)16-8-12-6-7-21(5-2)10-12;/h11-12H,4-10H2,1-3H3,(H2,15,16,17);1H. The van der Waals surface area contributed by atoms with Gasteiger partial charge in [-0.05, 0) is 32.4 Å². The number of guanidine groups is 1. The third-order valence-corrected chi connectivity index (χ3v) is 3.90. The third-order valence-electron chi connectivity index (χ3n) is 3.90. The van der Waals surface area contributed by atoms with Gasteiger partial charge in [0.2, 0.25) is 0 Å². The third kappa shape index (κ3) is 5.71. The SMILES string of the molecule is CCNC(=NCc1ncnn1C)NCC1CCN(CC)C1.I. The molecule has 1 aromatic rings. The lowest BCUT2D eigenvalue weighted by molar-refractivity contribution is 0.342. The van der Waals surface area contributed by atoms with Crippen LogP contribution in [0.5, 0.6) is 0 Å². The van der Waals surface area contributed by atoms with Crippen LogP contribution in [-0.2, 0) is 13.6 Å². The number of nitrogens with zero attached hydrogens (tertiary/aromatic N) is 5. The molecule has 22 heavy (non-hydrogen) atoms. The summed E-state index contributed by atoms with van der Waals surface area (Å²) in [7, 11) is 1.88. The average molecular weight is 421 g/mol. The van der Waals surface area contributed by atoms with Gasteiger partial charge in [-0.15, -0.1) is 24.0 Å². The number of nitrogens with one attached hydrogen (secondary N) is 2. The Bertz CT molecular complexity index is 460. The van der Waals surface area contributed by atoms with Gasteiger partial charge in [0.15, 0.2) is 5.96 Å². The Morgan fingerprint density at radius 2 is 2.23 bits per heavy atom. The van der Waals surface area contributed by atoms with Crippen LogP contribution in [0.1, 0.15) is 26.1 Å². The fraction of sp³-hybridized carbons (Fsp3) is 0.786. The molecule has 2 heterocycles. The van der Waals surface area contributed by atoms with E-state index in [1.807, 2.05) is 7.05 Å². The molecule has 1 fully saturated rings. The zero-order valence-electron chi connectivity index (χ0n) is 13.7. The van der Waals surface area contributed by atoms with Gasteiger partial charge in [0.25, 0.3) is 0 Å². The van der Waals surface area contributed by atoms with Gasteiger partial charge in [0, 0.05) is 26.7 Å². The van der Waals surface area contributed by atoms with Crippen molar-refractivity contribution in [1.29, 1.82) is 0 Å². The monoisotopic (exact) mass is 421 g/mol. The van der Waals surface area contributed by atoms with Gasteiger partial charge in [-0.25, -0.2) is 9.98 Å². The molecule has 1 saturated heterocycles. The van der Waals surface area contributed by atoms with Gasteiger partial charge in [0.05, 0.1) is 0 Å². The fourth-order valence-corrected chi connectivity index (χ4v) is 2.56. The van der Waals surface area contributed by atoms with Gasteiger partial charge in [-0.3, -0.25) is 4.68 Å². The lowest BCUT2D eigenvalue weighted by Gasteiger charge is -2.16. The number of aryl methyl sites for hydroxylation is 1. The Balaban J connectivity index is 0.00000242. The maximum absolute atomic E-state index is 4.57. The minimum Gasteiger partial charge on any atom is -0.357 e. The predicted octanol–water partition coefficient (Wildman–Crippen LogP) is 0.830. The van der Waals surface area contributed by atoms with Crippen LogP contribution in [-0.4, -0.2) is 58.3 Å². The molecule has 2 rings (SSSR count). The van der Waals surface area contributed by atoms with E-state index in [9.17, 15) is 0 Å². The molecule has 0 bridgehead atoms. The molecule has 0 saturated carbocycles. The largest absolute Gasteiger partial charge is 0.357 e. The summed E-state index contributed by atoms with van der Waals surface area (Å²) >= 11 is 0. The number of halogens is 1. The molecule has 1 aliphatic rings. The molecule has 0 amide bonds. The molecule has 0 spiro atoms. The highest BCUT2D eigenvalue weighted by Gasteiger charge is 2.20. The Kier molecular flexibility index (Phi) is 8.69. The molecule has 1 aliphatic heterocycles. The van der Waals surface area contributed by atoms with Crippen molar-refractivity contribution in [3.8, 4) is 0 Å². The van der Waals surface area contributed by atoms with E-state index in [0.717, 1.165) is 31.4 Å². The Morgan fingerprint density at radius 1 is 1.41 bits per heavy atom. The van der Waals surface area contributed by atoms with Gasteiger partial charge in [-0.1, -0.05) is 6.92 Å². The molecule has 0 radical (unpaired) electrons. The van der Waals surface area contributed by atoms with Crippen molar-refractivity contribution in [1.82, 2.24) is 30.3 Å². The van der Waals surface area contributed by atoms with Gasteiger partial charge in [-0.2, -0.15) is 5.10 Å². The summed E-state index contributed by atoms with van der Waals surface area (Å²) in [6, 6.07) is 0. The molecule has 0 aliphatic carbocycles. The van der Waals surface area contributed by atoms with Crippen molar-refractivity contribution in [2.24, 2.45) is 18.0 Å². The summed E-state index contributed by atoms with van der Waals surface area (Å²) in [5, 5.41) is 10.8. The van der Waals surface area contributed by atoms with Crippen molar-refractivity contribution in [3.05, 3.63) is 12.2 Å². The summed E-state index contributed by atoms with van der Waals surface area (Å²) in [5.74, 6) is 2.43. The number of hydrogen-bond acceptors (Lipinski definition) is 4. The topological polar surface area (TPSA) is 70.4 Å². The zero-order chi connectivity index (χ0) is 15.1. The summed E-state index contributed by atoms with van der Waals surface area (Å²) in [5.41, 5.74) is 0. The number of likely N-dealkylation sites (tertiary alicyclic amines) is 1. The molecule has 2 N–H and O–H groups in total. The van der Waals surface area contributed by atoms with Crippen LogP contribution >= 0.6 is 24.0 Å². The van der Waals surface area contributed by atoms with Crippen LogP contribution in [0.3, 0.4) is 0 Å². The number of rotatable bonds is 6. The van der Waals surface area contributed by atoms with Gasteiger partial charge in [0.1, 0.15) is 18.7 Å². The average Bonchev–Trinajstić information content (AvgIpc) is 3.11. The maximum Gasteiger partial charge on any atom is 0.191 e. The Labute approximate surface area is 150 Å². The van der Waals surface area contributed by atoms with E-state index in [2.05, 4.69) is 44.5 Å². The second-order valence-corrected chi connectivity index (χ2v) is 5.42. The van der Waals surface area contributed by atoms with Crippen LogP contribution in [0, 0.1) is 5.92 Å². The van der Waals surface area contributed by atoms with E-state index in [4.69, 9.17) is 0 Å². The second-order valence-electron chi connectivity index (χ2n) is 5.42. The highest BCUT2D eigenvalue weighted by molar-refractivity contribution is 14.0. The number of hydrogen-bond donors (Lipinski definition) is 2. The van der Waals surface area contributed by atoms with Crippen LogP contribution in [0.25, 0.3) is 0 Å². The highest BCUT2D eigenvalue weighted by Crippen LogP contribution is 2.14. The molecule has 8 heteroatoms. The lowest BCUT2D eigenvalue weighted by atomic mass is 10.1. The van der Waals surface area contributed by atoms with Crippen LogP contribution in [0.2, 0.25) is 0 Å². The molecule has 126 valence electrons. The number of aliphatic imine (C=N–C) groups is 1. The quantitative estimate of drug-likeness (QED) is 0.405. The predicted molar refractivity (Wildman–Crippen MR) is 99.5 cm³/mol. The van der Waals surface area contributed by atoms with E-state index < -0.39 is 0 Å². The first kappa shape index (κ1) is 19.1. The van der Waals surface area contributed by atoms with E-state index in [1.54, 1.807) is 11.0 Å². The van der Waals surface area contributed by atoms with E-state index >= 15 is 0 Å². The van der Waals surface area contributed by atoms with Crippen molar-refractivity contribution in [2.75, 3.05) is 32.7 Å². The first-order chi connectivity index (χ1) is 10.2. The lowest BCUT2D eigenvalue weighted by Crippen LogP contribution is -2.40. The van der Waals surface area contributed by atoms with Crippen molar-refractivity contribution < 1.29 is 0 Å². The van der Waals surface area contributed by atoms with Crippen LogP contribution in [0.15, 0.2) is 11.3 Å². The minimum atomic E-state index is 0. The first-order valence-electron chi connectivity index (χ1n) is 7.80. The summed E-state index contributed by atoms with van der Waals surface area (Å²) in [6.07, 6.45) is 2.83. The molecule has 1 unspecified atom stereocenters. The van der Waals surface area contributed by atoms with E-state index in [1.165, 1.54) is 19.5 Å². The zero-order valence-corrected chi connectivity index (χ0v) is 16.1. The molecular formula is C14H28IN7. The normalized spacial score (nSPS) is 19.0. The van der Waals surface area contributed by atoms with Crippen molar-refractivity contribution >= 4 is 29.9 Å². The van der Waals surface area contributed by atoms with Crippen LogP contribution in [0.4, 0.5) is 0 Å². The van der Waals surface area contributed by atoms with Crippen LogP contribution < -0.4 is 10.6 Å². The fourth-order valence-electron chi connectivity index (χ4n) is 2.56. The first-order valence-corrected chi connectivity index (χ1v) is 7.80. The van der Waals surface area contributed by atoms with Gasteiger partial charge < -0.3 is 15.5 Å². The smallest absolute Gasteiger partial charge is 0.191 e. The Morgan fingerprint density at radius 3 is 2.82 bits per heavy atom. The van der Waals surface area contributed by atoms with E-state index in [0.29, 0.717) is 12.5 Å². The summed E-state index contributed by atoms with van der Waals surface area (Å²) < 4.78 is 1.75. The summed E-state index contributed by atoms with van der Waals surface area (Å²) in [6.45, 7) is 10.2. The molecule has 0 aromatic carbocycles. The molecule has 1 aromatic heterocycles. The highest BCUT2D eigenvalue weighted by atomic mass is 127. The molecule has 1 atom stereocenters. The summed E-state index contributed by atoms with van der Waals surface area (Å²) in [4.78, 5) is 11.3. The number of aromatic nitrogens is 3. The minimum absolute atomic E-state index is 0.